The smallest absolute Gasteiger partial charge is 0.408 e. The molecular weight excluding hydrogens is 356 g/mol. The molecule has 2 amide bonds. The lowest BCUT2D eigenvalue weighted by Crippen LogP contribution is -2.44. The van der Waals surface area contributed by atoms with Crippen LogP contribution in [-0.4, -0.2) is 49.2 Å². The molecule has 8 heteroatoms. The SMILES string of the molecule is C[C@H](c1cc(F)c(N2CC[C@H](NC(=O)OC(C)(C)C)C2=O)c(F)c1)N(C)C. The molecule has 2 atom stereocenters. The molecule has 27 heavy (non-hydrogen) atoms. The van der Waals surface area contributed by atoms with Crippen molar-refractivity contribution in [3.8, 4) is 0 Å². The third kappa shape index (κ3) is 4.94. The van der Waals surface area contributed by atoms with Crippen molar-refractivity contribution in [2.75, 3.05) is 25.5 Å². The average molecular weight is 383 g/mol. The Morgan fingerprint density at radius 2 is 1.85 bits per heavy atom. The highest BCUT2D eigenvalue weighted by atomic mass is 19.1. The Morgan fingerprint density at radius 3 is 2.33 bits per heavy atom. The first-order chi connectivity index (χ1) is 12.4. The molecule has 1 aliphatic rings. The number of carbonyl (C=O) groups excluding carboxylic acids is 2. The zero-order valence-electron chi connectivity index (χ0n) is 16.6. The van der Waals surface area contributed by atoms with Gasteiger partial charge in [0.25, 0.3) is 0 Å². The molecule has 1 aliphatic heterocycles. The van der Waals surface area contributed by atoms with E-state index in [1.807, 2.05) is 25.9 Å². The number of ether oxygens (including phenoxy) is 1. The summed E-state index contributed by atoms with van der Waals surface area (Å²) in [5.74, 6) is -2.16. The van der Waals surface area contributed by atoms with Gasteiger partial charge in [0.05, 0.1) is 0 Å². The van der Waals surface area contributed by atoms with Crippen LogP contribution in [0.15, 0.2) is 12.1 Å². The second-order valence-electron chi connectivity index (χ2n) is 7.95. The standard InChI is InChI=1S/C19H27F2N3O3/c1-11(23(5)6)12-9-13(20)16(14(21)10-12)24-8-7-15(17(24)25)22-18(26)27-19(2,3)4/h9-11,15H,7-8H2,1-6H3,(H,22,26)/t11-,15+/m1/s1. The Labute approximate surface area is 158 Å². The molecule has 1 aromatic carbocycles. The number of halogens is 2. The number of nitrogens with zero attached hydrogens (tertiary/aromatic N) is 2. The summed E-state index contributed by atoms with van der Waals surface area (Å²) in [6.07, 6.45) is -0.494. The fourth-order valence-corrected chi connectivity index (χ4v) is 2.87. The number of hydrogen-bond acceptors (Lipinski definition) is 4. The molecule has 0 saturated carbocycles. The largest absolute Gasteiger partial charge is 0.444 e. The lowest BCUT2D eigenvalue weighted by atomic mass is 10.1. The van der Waals surface area contributed by atoms with Gasteiger partial charge >= 0.3 is 6.09 Å². The Balaban J connectivity index is 2.18. The molecule has 1 saturated heterocycles. The van der Waals surface area contributed by atoms with Crippen LogP contribution in [-0.2, 0) is 9.53 Å². The van der Waals surface area contributed by atoms with Gasteiger partial charge in [0.2, 0.25) is 5.91 Å². The third-order valence-electron chi connectivity index (χ3n) is 4.46. The number of nitrogens with one attached hydrogen (secondary N) is 1. The van der Waals surface area contributed by atoms with Gasteiger partial charge < -0.3 is 19.9 Å². The van der Waals surface area contributed by atoms with Gasteiger partial charge in [0, 0.05) is 12.6 Å². The van der Waals surface area contributed by atoms with Gasteiger partial charge in [0.1, 0.15) is 29.0 Å². The van der Waals surface area contributed by atoms with E-state index in [4.69, 9.17) is 4.74 Å². The second-order valence-corrected chi connectivity index (χ2v) is 7.95. The summed E-state index contributed by atoms with van der Waals surface area (Å²) in [4.78, 5) is 27.3. The maximum atomic E-state index is 14.6. The van der Waals surface area contributed by atoms with Crippen LogP contribution in [0.4, 0.5) is 19.3 Å². The topological polar surface area (TPSA) is 61.9 Å². The van der Waals surface area contributed by atoms with Gasteiger partial charge in [-0.2, -0.15) is 0 Å². The Hall–Kier alpha value is -2.22. The van der Waals surface area contributed by atoms with Crippen LogP contribution < -0.4 is 10.2 Å². The molecule has 6 nitrogen and oxygen atoms in total. The molecule has 0 bridgehead atoms. The summed E-state index contributed by atoms with van der Waals surface area (Å²) in [6, 6.07) is 1.42. The highest BCUT2D eigenvalue weighted by Gasteiger charge is 2.37. The predicted molar refractivity (Wildman–Crippen MR) is 98.6 cm³/mol. The number of anilines is 1. The molecule has 1 N–H and O–H groups in total. The Morgan fingerprint density at radius 1 is 1.30 bits per heavy atom. The zero-order valence-corrected chi connectivity index (χ0v) is 16.6. The number of benzene rings is 1. The number of rotatable bonds is 4. The lowest BCUT2D eigenvalue weighted by Gasteiger charge is -2.24. The molecular formula is C19H27F2N3O3. The molecule has 2 rings (SSSR count). The minimum atomic E-state index is -0.876. The zero-order chi connectivity index (χ0) is 20.5. The maximum Gasteiger partial charge on any atom is 0.408 e. The van der Waals surface area contributed by atoms with Crippen molar-refractivity contribution >= 4 is 17.7 Å². The minimum Gasteiger partial charge on any atom is -0.444 e. The van der Waals surface area contributed by atoms with Crippen LogP contribution in [0.25, 0.3) is 0 Å². The molecule has 0 unspecified atom stereocenters. The fourth-order valence-electron chi connectivity index (χ4n) is 2.87. The summed E-state index contributed by atoms with van der Waals surface area (Å²) < 4.78 is 34.3. The summed E-state index contributed by atoms with van der Waals surface area (Å²) >= 11 is 0. The van der Waals surface area contributed by atoms with E-state index in [9.17, 15) is 18.4 Å². The summed E-state index contributed by atoms with van der Waals surface area (Å²) in [6.45, 7) is 7.05. The normalized spacial score (nSPS) is 18.8. The fraction of sp³-hybridized carbons (Fsp3) is 0.579. The van der Waals surface area contributed by atoms with Gasteiger partial charge in [-0.15, -0.1) is 0 Å². The predicted octanol–water partition coefficient (Wildman–Crippen LogP) is 3.22. The summed E-state index contributed by atoms with van der Waals surface area (Å²) in [7, 11) is 3.62. The van der Waals surface area contributed by atoms with Crippen molar-refractivity contribution in [3.63, 3.8) is 0 Å². The van der Waals surface area contributed by atoms with E-state index in [0.717, 1.165) is 4.90 Å². The lowest BCUT2D eigenvalue weighted by molar-refractivity contribution is -0.118. The van der Waals surface area contributed by atoms with Crippen LogP contribution in [0.5, 0.6) is 0 Å². The van der Waals surface area contributed by atoms with Crippen molar-refractivity contribution in [2.45, 2.75) is 51.8 Å². The molecule has 1 aromatic rings. The molecule has 0 aliphatic carbocycles. The van der Waals surface area contributed by atoms with Crippen molar-refractivity contribution in [2.24, 2.45) is 0 Å². The Bertz CT molecular complexity index is 708. The monoisotopic (exact) mass is 383 g/mol. The molecule has 1 heterocycles. The van der Waals surface area contributed by atoms with Gasteiger partial charge in [0.15, 0.2) is 0 Å². The highest BCUT2D eigenvalue weighted by Crippen LogP contribution is 2.31. The first-order valence-electron chi connectivity index (χ1n) is 8.87. The van der Waals surface area contributed by atoms with Gasteiger partial charge in [-0.05, 0) is 65.9 Å². The summed E-state index contributed by atoms with van der Waals surface area (Å²) in [5.41, 5.74) is -0.611. The van der Waals surface area contributed by atoms with E-state index < -0.39 is 35.3 Å². The van der Waals surface area contributed by atoms with E-state index in [-0.39, 0.29) is 24.7 Å². The van der Waals surface area contributed by atoms with Crippen LogP contribution in [0.1, 0.15) is 45.7 Å². The molecule has 0 aromatic heterocycles. The van der Waals surface area contributed by atoms with Crippen molar-refractivity contribution in [1.29, 1.82) is 0 Å². The summed E-state index contributed by atoms with van der Waals surface area (Å²) in [5, 5.41) is 2.46. The van der Waals surface area contributed by atoms with Crippen LogP contribution in [0.3, 0.4) is 0 Å². The number of amides is 2. The number of hydrogen-bond donors (Lipinski definition) is 1. The van der Waals surface area contributed by atoms with Crippen LogP contribution in [0, 0.1) is 11.6 Å². The third-order valence-corrected chi connectivity index (χ3v) is 4.46. The molecule has 0 radical (unpaired) electrons. The first-order valence-corrected chi connectivity index (χ1v) is 8.87. The average Bonchev–Trinajstić information content (AvgIpc) is 2.85. The molecule has 150 valence electrons. The van der Waals surface area contributed by atoms with Gasteiger partial charge in [-0.1, -0.05) is 0 Å². The van der Waals surface area contributed by atoms with Gasteiger partial charge in [-0.25, -0.2) is 13.6 Å². The van der Waals surface area contributed by atoms with Gasteiger partial charge in [-0.3, -0.25) is 4.79 Å². The van der Waals surface area contributed by atoms with Crippen molar-refractivity contribution in [1.82, 2.24) is 10.2 Å². The number of alkyl carbamates (subject to hydrolysis) is 1. The van der Waals surface area contributed by atoms with E-state index in [2.05, 4.69) is 5.32 Å². The highest BCUT2D eigenvalue weighted by molar-refractivity contribution is 6.01. The van der Waals surface area contributed by atoms with E-state index >= 15 is 0 Å². The van der Waals surface area contributed by atoms with Crippen LogP contribution >= 0.6 is 0 Å². The number of carbonyl (C=O) groups is 2. The second kappa shape index (κ2) is 7.80. The quantitative estimate of drug-likeness (QED) is 0.867. The molecule has 1 fully saturated rings. The van der Waals surface area contributed by atoms with E-state index in [0.29, 0.717) is 5.56 Å². The van der Waals surface area contributed by atoms with Crippen molar-refractivity contribution in [3.05, 3.63) is 29.3 Å². The molecule has 0 spiro atoms. The van der Waals surface area contributed by atoms with Crippen molar-refractivity contribution < 1.29 is 23.1 Å². The Kier molecular flexibility index (Phi) is 6.09. The van der Waals surface area contributed by atoms with Crippen LogP contribution in [0.2, 0.25) is 0 Å². The maximum absolute atomic E-state index is 14.6. The minimum absolute atomic E-state index is 0.107. The first kappa shape index (κ1) is 21.1. The van der Waals surface area contributed by atoms with E-state index in [1.165, 1.54) is 12.1 Å². The van der Waals surface area contributed by atoms with E-state index in [1.54, 1.807) is 20.8 Å².